The van der Waals surface area contributed by atoms with Crippen LogP contribution in [0.25, 0.3) is 0 Å². The molecule has 3 aromatic rings. The van der Waals surface area contributed by atoms with Crippen LogP contribution in [0.1, 0.15) is 42.5 Å². The quantitative estimate of drug-likeness (QED) is 0.444. The van der Waals surface area contributed by atoms with Gasteiger partial charge in [-0.1, -0.05) is 104 Å². The molecule has 3 aromatic carbocycles. The Hall–Kier alpha value is -2.24. The fourth-order valence-electron chi connectivity index (χ4n) is 4.04. The first kappa shape index (κ1) is 18.1. The maximum atomic E-state index is 13.4. The number of Topliss-reactive ketones (excluding diaryl/α,β-unsaturated/α-hetero) is 1. The van der Waals surface area contributed by atoms with Crippen molar-refractivity contribution in [2.75, 3.05) is 0 Å². The van der Waals surface area contributed by atoms with Gasteiger partial charge in [0, 0.05) is 11.5 Å². The van der Waals surface area contributed by atoms with E-state index < -0.39 is 7.92 Å². The second-order valence-electron chi connectivity index (χ2n) is 7.22. The Bertz CT molecular complexity index is 843. The first-order valence-corrected chi connectivity index (χ1v) is 11.2. The van der Waals surface area contributed by atoms with Gasteiger partial charge < -0.3 is 0 Å². The molecule has 0 N–H and O–H groups in total. The van der Waals surface area contributed by atoms with Crippen molar-refractivity contribution in [1.29, 1.82) is 0 Å². The van der Waals surface area contributed by atoms with Crippen LogP contribution in [-0.4, -0.2) is 5.78 Å². The van der Waals surface area contributed by atoms with E-state index in [0.29, 0.717) is 5.78 Å². The lowest BCUT2D eigenvalue weighted by Crippen LogP contribution is -2.28. The minimum absolute atomic E-state index is 0.197. The summed E-state index contributed by atoms with van der Waals surface area (Å²) >= 11 is 0. The predicted octanol–water partition coefficient (Wildman–Crippen LogP) is 5.21. The molecule has 0 amide bonds. The minimum Gasteiger partial charge on any atom is -0.294 e. The molecule has 0 bridgehead atoms. The molecule has 1 aliphatic rings. The highest BCUT2D eigenvalue weighted by atomic mass is 31.1. The molecule has 0 spiro atoms. The van der Waals surface area contributed by atoms with Crippen LogP contribution in [0.5, 0.6) is 0 Å². The molecule has 0 saturated heterocycles. The van der Waals surface area contributed by atoms with Gasteiger partial charge >= 0.3 is 0 Å². The molecule has 136 valence electrons. The Morgan fingerprint density at radius 1 is 0.667 bits per heavy atom. The second-order valence-corrected chi connectivity index (χ2v) is 9.41. The van der Waals surface area contributed by atoms with Gasteiger partial charge in [0.2, 0.25) is 0 Å². The number of carbonyl (C=O) groups is 1. The third-order valence-corrected chi connectivity index (χ3v) is 7.92. The molecule has 0 radical (unpaired) electrons. The summed E-state index contributed by atoms with van der Waals surface area (Å²) in [6, 6.07) is 29.6. The molecule has 1 fully saturated rings. The van der Waals surface area contributed by atoms with Gasteiger partial charge in [0.15, 0.2) is 5.78 Å². The molecule has 1 nitrogen and oxygen atoms in total. The summed E-state index contributed by atoms with van der Waals surface area (Å²) in [6.07, 6.45) is 5.73. The van der Waals surface area contributed by atoms with E-state index in [1.54, 1.807) is 0 Å². The lowest BCUT2D eigenvalue weighted by Gasteiger charge is -2.25. The van der Waals surface area contributed by atoms with Crippen molar-refractivity contribution in [3.05, 3.63) is 90.5 Å². The number of rotatable bonds is 5. The summed E-state index contributed by atoms with van der Waals surface area (Å²) in [6.45, 7) is 0. The van der Waals surface area contributed by atoms with Gasteiger partial charge in [-0.05, 0) is 36.7 Å². The summed E-state index contributed by atoms with van der Waals surface area (Å²) in [7, 11) is -0.741. The van der Waals surface area contributed by atoms with Crippen LogP contribution in [0.3, 0.4) is 0 Å². The number of benzene rings is 3. The van der Waals surface area contributed by atoms with E-state index in [0.717, 1.165) is 18.4 Å². The van der Waals surface area contributed by atoms with Crippen LogP contribution in [0.15, 0.2) is 84.9 Å². The zero-order chi connectivity index (χ0) is 18.5. The fraction of sp³-hybridized carbons (Fsp3) is 0.240. The molecular formula is C25H25OP. The van der Waals surface area contributed by atoms with Crippen molar-refractivity contribution in [2.45, 2.75) is 32.1 Å². The van der Waals surface area contributed by atoms with Crippen LogP contribution in [-0.2, 0) is 0 Å². The van der Waals surface area contributed by atoms with E-state index >= 15 is 0 Å². The summed E-state index contributed by atoms with van der Waals surface area (Å²) in [4.78, 5) is 13.4. The number of hydrogen-bond acceptors (Lipinski definition) is 1. The SMILES string of the molecule is O=C(c1ccccc1P(c1ccccc1)c1ccccc1)C1CCCCC1. The average Bonchev–Trinajstić information content (AvgIpc) is 2.76. The third kappa shape index (κ3) is 4.04. The third-order valence-electron chi connectivity index (χ3n) is 5.42. The van der Waals surface area contributed by atoms with Crippen LogP contribution in [0.4, 0.5) is 0 Å². The van der Waals surface area contributed by atoms with Crippen LogP contribution in [0, 0.1) is 5.92 Å². The molecule has 1 saturated carbocycles. The van der Waals surface area contributed by atoms with Crippen molar-refractivity contribution in [3.8, 4) is 0 Å². The standard InChI is InChI=1S/C25H25OP/c26-25(20-12-4-1-5-13-20)23-18-10-11-19-24(23)27(21-14-6-2-7-15-21)22-16-8-3-9-17-22/h2-3,6-11,14-20H,1,4-5,12-13H2. The van der Waals surface area contributed by atoms with Crippen LogP contribution >= 0.6 is 7.92 Å². The van der Waals surface area contributed by atoms with Gasteiger partial charge in [-0.3, -0.25) is 4.79 Å². The van der Waals surface area contributed by atoms with Gasteiger partial charge in [-0.15, -0.1) is 0 Å². The van der Waals surface area contributed by atoms with Gasteiger partial charge in [0.05, 0.1) is 0 Å². The predicted molar refractivity (Wildman–Crippen MR) is 116 cm³/mol. The van der Waals surface area contributed by atoms with E-state index in [9.17, 15) is 4.79 Å². The summed E-state index contributed by atoms with van der Waals surface area (Å²) in [5, 5.41) is 3.78. The van der Waals surface area contributed by atoms with Crippen LogP contribution < -0.4 is 15.9 Å². The average molecular weight is 372 g/mol. The Balaban J connectivity index is 1.80. The summed E-state index contributed by atoms with van der Waals surface area (Å²) < 4.78 is 0. The monoisotopic (exact) mass is 372 g/mol. The lowest BCUT2D eigenvalue weighted by atomic mass is 9.84. The highest BCUT2D eigenvalue weighted by Crippen LogP contribution is 2.35. The normalized spacial score (nSPS) is 15.0. The highest BCUT2D eigenvalue weighted by Gasteiger charge is 2.27. The van der Waals surface area contributed by atoms with Gasteiger partial charge in [-0.2, -0.15) is 0 Å². The molecule has 1 aliphatic carbocycles. The van der Waals surface area contributed by atoms with Crippen molar-refractivity contribution in [3.63, 3.8) is 0 Å². The van der Waals surface area contributed by atoms with Crippen LogP contribution in [0.2, 0.25) is 0 Å². The fourth-order valence-corrected chi connectivity index (χ4v) is 6.50. The molecule has 2 heteroatoms. The summed E-state index contributed by atoms with van der Waals surface area (Å²) in [5.74, 6) is 0.549. The zero-order valence-electron chi connectivity index (χ0n) is 15.6. The van der Waals surface area contributed by atoms with Crippen molar-refractivity contribution in [2.24, 2.45) is 5.92 Å². The smallest absolute Gasteiger partial charge is 0.166 e. The Morgan fingerprint density at radius 3 is 1.78 bits per heavy atom. The number of hydrogen-bond donors (Lipinski definition) is 0. The lowest BCUT2D eigenvalue weighted by molar-refractivity contribution is 0.0891. The summed E-state index contributed by atoms with van der Waals surface area (Å²) in [5.41, 5.74) is 0.934. The molecule has 27 heavy (non-hydrogen) atoms. The van der Waals surface area contributed by atoms with Crippen molar-refractivity contribution < 1.29 is 4.79 Å². The highest BCUT2D eigenvalue weighted by molar-refractivity contribution is 7.80. The topological polar surface area (TPSA) is 17.1 Å². The first-order chi connectivity index (χ1) is 13.3. The molecule has 0 unspecified atom stereocenters. The maximum Gasteiger partial charge on any atom is 0.166 e. The molecular weight excluding hydrogens is 347 g/mol. The van der Waals surface area contributed by atoms with E-state index in [4.69, 9.17) is 0 Å². The molecule has 0 aliphatic heterocycles. The van der Waals surface area contributed by atoms with Crippen molar-refractivity contribution >= 4 is 29.6 Å². The van der Waals surface area contributed by atoms with E-state index in [1.807, 2.05) is 12.1 Å². The molecule has 0 aromatic heterocycles. The molecule has 4 rings (SSSR count). The first-order valence-electron chi connectivity index (χ1n) is 9.88. The Morgan fingerprint density at radius 2 is 1.19 bits per heavy atom. The Kier molecular flexibility index (Phi) is 5.80. The van der Waals surface area contributed by atoms with E-state index in [-0.39, 0.29) is 5.92 Å². The zero-order valence-corrected chi connectivity index (χ0v) is 16.4. The number of carbonyl (C=O) groups excluding carboxylic acids is 1. The largest absolute Gasteiger partial charge is 0.294 e. The van der Waals surface area contributed by atoms with Gasteiger partial charge in [-0.25, -0.2) is 0 Å². The number of ketones is 1. The second kappa shape index (κ2) is 8.63. The van der Waals surface area contributed by atoms with E-state index in [1.165, 1.54) is 35.2 Å². The van der Waals surface area contributed by atoms with Gasteiger partial charge in [0.25, 0.3) is 0 Å². The maximum absolute atomic E-state index is 13.4. The molecule has 0 heterocycles. The molecule has 0 atom stereocenters. The van der Waals surface area contributed by atoms with Crippen molar-refractivity contribution in [1.82, 2.24) is 0 Å². The van der Waals surface area contributed by atoms with Gasteiger partial charge in [0.1, 0.15) is 0 Å². The van der Waals surface area contributed by atoms with E-state index in [2.05, 4.69) is 72.8 Å². The Labute approximate surface area is 163 Å². The minimum atomic E-state index is -0.741.